The van der Waals surface area contributed by atoms with Crippen LogP contribution in [0.2, 0.25) is 5.02 Å². The fourth-order valence-corrected chi connectivity index (χ4v) is 3.34. The molecule has 0 atom stereocenters. The summed E-state index contributed by atoms with van der Waals surface area (Å²) in [5.74, 6) is -1.03. The Morgan fingerprint density at radius 3 is 2.71 bits per heavy atom. The predicted octanol–water partition coefficient (Wildman–Crippen LogP) is 2.92. The summed E-state index contributed by atoms with van der Waals surface area (Å²) in [5.41, 5.74) is 6.56. The van der Waals surface area contributed by atoms with Gasteiger partial charge in [-0.2, -0.15) is 5.10 Å². The SMILES string of the molecule is COc1ccc(-n2c(C)cc(/C=N\NC(=O)C(=O)NCc3cccnc3)c2C)cc1Cl. The van der Waals surface area contributed by atoms with Crippen LogP contribution in [0.25, 0.3) is 5.69 Å². The average molecular weight is 440 g/mol. The van der Waals surface area contributed by atoms with Crippen molar-refractivity contribution in [2.75, 3.05) is 7.11 Å². The molecular weight excluding hydrogens is 418 g/mol. The van der Waals surface area contributed by atoms with Gasteiger partial charge in [-0.1, -0.05) is 17.7 Å². The van der Waals surface area contributed by atoms with Crippen molar-refractivity contribution in [2.45, 2.75) is 20.4 Å². The number of hydrogen-bond donors (Lipinski definition) is 2. The molecule has 2 aromatic heterocycles. The van der Waals surface area contributed by atoms with Crippen LogP contribution in [0.1, 0.15) is 22.5 Å². The van der Waals surface area contributed by atoms with Crippen LogP contribution in [0.4, 0.5) is 0 Å². The van der Waals surface area contributed by atoms with Crippen molar-refractivity contribution in [2.24, 2.45) is 5.10 Å². The van der Waals surface area contributed by atoms with Gasteiger partial charge in [-0.3, -0.25) is 14.6 Å². The molecule has 3 aromatic rings. The van der Waals surface area contributed by atoms with Gasteiger partial charge in [0.05, 0.1) is 18.3 Å². The highest BCUT2D eigenvalue weighted by molar-refractivity contribution is 6.35. The monoisotopic (exact) mass is 439 g/mol. The van der Waals surface area contributed by atoms with E-state index in [0.717, 1.165) is 28.2 Å². The highest BCUT2D eigenvalue weighted by Crippen LogP contribution is 2.28. The lowest BCUT2D eigenvalue weighted by Gasteiger charge is -2.11. The fraction of sp³-hybridized carbons (Fsp3) is 0.182. The zero-order valence-electron chi connectivity index (χ0n) is 17.3. The molecule has 31 heavy (non-hydrogen) atoms. The van der Waals surface area contributed by atoms with Gasteiger partial charge in [0, 0.05) is 41.6 Å². The van der Waals surface area contributed by atoms with E-state index < -0.39 is 11.8 Å². The third kappa shape index (κ3) is 5.29. The average Bonchev–Trinajstić information content (AvgIpc) is 3.05. The number of aromatic nitrogens is 2. The summed E-state index contributed by atoms with van der Waals surface area (Å²) in [4.78, 5) is 27.8. The molecule has 160 valence electrons. The maximum atomic E-state index is 11.9. The normalized spacial score (nSPS) is 10.8. The van der Waals surface area contributed by atoms with Gasteiger partial charge in [0.15, 0.2) is 0 Å². The predicted molar refractivity (Wildman–Crippen MR) is 119 cm³/mol. The van der Waals surface area contributed by atoms with E-state index in [1.165, 1.54) is 6.21 Å². The lowest BCUT2D eigenvalue weighted by Crippen LogP contribution is -2.37. The molecule has 2 amide bonds. The van der Waals surface area contributed by atoms with Crippen molar-refractivity contribution < 1.29 is 14.3 Å². The number of methoxy groups -OCH3 is 1. The summed E-state index contributed by atoms with van der Waals surface area (Å²) in [6.45, 7) is 4.08. The molecular formula is C22H22ClN5O3. The Morgan fingerprint density at radius 1 is 1.23 bits per heavy atom. The first-order valence-electron chi connectivity index (χ1n) is 9.43. The van der Waals surface area contributed by atoms with Gasteiger partial charge in [-0.05, 0) is 49.7 Å². The third-order valence-corrected chi connectivity index (χ3v) is 4.91. The van der Waals surface area contributed by atoms with Gasteiger partial charge >= 0.3 is 11.8 Å². The topological polar surface area (TPSA) is 97.6 Å². The molecule has 2 heterocycles. The van der Waals surface area contributed by atoms with Crippen LogP contribution in [-0.2, 0) is 16.1 Å². The Hall–Kier alpha value is -3.65. The Labute approximate surface area is 184 Å². The van der Waals surface area contributed by atoms with Crippen molar-refractivity contribution in [3.8, 4) is 11.4 Å². The third-order valence-electron chi connectivity index (χ3n) is 4.62. The lowest BCUT2D eigenvalue weighted by molar-refractivity contribution is -0.139. The fourth-order valence-electron chi connectivity index (χ4n) is 3.09. The zero-order chi connectivity index (χ0) is 22.4. The van der Waals surface area contributed by atoms with Gasteiger partial charge < -0.3 is 14.6 Å². The number of carbonyl (C=O) groups excluding carboxylic acids is 2. The molecule has 3 rings (SSSR count). The molecule has 2 N–H and O–H groups in total. The molecule has 0 unspecified atom stereocenters. The maximum Gasteiger partial charge on any atom is 0.329 e. The number of nitrogens with zero attached hydrogens (tertiary/aromatic N) is 3. The molecule has 8 nitrogen and oxygen atoms in total. The number of benzene rings is 1. The van der Waals surface area contributed by atoms with Gasteiger partial charge in [0.25, 0.3) is 0 Å². The number of rotatable bonds is 6. The largest absolute Gasteiger partial charge is 0.495 e. The molecule has 0 spiro atoms. The van der Waals surface area contributed by atoms with Crippen LogP contribution in [-0.4, -0.2) is 34.7 Å². The molecule has 0 aliphatic heterocycles. The van der Waals surface area contributed by atoms with Crippen LogP contribution in [0.3, 0.4) is 0 Å². The van der Waals surface area contributed by atoms with Crippen LogP contribution >= 0.6 is 11.6 Å². The Bertz CT molecular complexity index is 1130. The summed E-state index contributed by atoms with van der Waals surface area (Å²) < 4.78 is 7.21. The van der Waals surface area contributed by atoms with Gasteiger partial charge in [-0.15, -0.1) is 0 Å². The number of carbonyl (C=O) groups is 2. The van der Waals surface area contributed by atoms with Crippen LogP contribution in [0.5, 0.6) is 5.75 Å². The zero-order valence-corrected chi connectivity index (χ0v) is 18.1. The first kappa shape index (κ1) is 22.0. The first-order chi connectivity index (χ1) is 14.9. The van der Waals surface area contributed by atoms with E-state index in [0.29, 0.717) is 10.8 Å². The van der Waals surface area contributed by atoms with Crippen molar-refractivity contribution in [1.29, 1.82) is 0 Å². The first-order valence-corrected chi connectivity index (χ1v) is 9.81. The maximum absolute atomic E-state index is 11.9. The van der Waals surface area contributed by atoms with E-state index in [1.807, 2.05) is 36.6 Å². The number of amides is 2. The molecule has 0 aliphatic carbocycles. The van der Waals surface area contributed by atoms with Crippen molar-refractivity contribution >= 4 is 29.6 Å². The van der Waals surface area contributed by atoms with E-state index in [9.17, 15) is 9.59 Å². The minimum absolute atomic E-state index is 0.204. The number of ether oxygens (including phenoxy) is 1. The number of aryl methyl sites for hydroxylation is 1. The smallest absolute Gasteiger partial charge is 0.329 e. The lowest BCUT2D eigenvalue weighted by atomic mass is 10.2. The van der Waals surface area contributed by atoms with Crippen LogP contribution in [0, 0.1) is 13.8 Å². The number of nitrogens with one attached hydrogen (secondary N) is 2. The summed E-state index contributed by atoms with van der Waals surface area (Å²) in [5, 5.41) is 6.94. The number of hydrazone groups is 1. The minimum atomic E-state index is -0.851. The van der Waals surface area contributed by atoms with Crippen LogP contribution < -0.4 is 15.5 Å². The Balaban J connectivity index is 1.65. The molecule has 0 saturated carbocycles. The van der Waals surface area contributed by atoms with Crippen LogP contribution in [0.15, 0.2) is 53.9 Å². The highest BCUT2D eigenvalue weighted by atomic mass is 35.5. The summed E-state index contributed by atoms with van der Waals surface area (Å²) in [6.07, 6.45) is 4.74. The molecule has 0 radical (unpaired) electrons. The molecule has 0 fully saturated rings. The van der Waals surface area contributed by atoms with E-state index in [2.05, 4.69) is 20.8 Å². The number of halogens is 1. The van der Waals surface area contributed by atoms with E-state index in [1.54, 1.807) is 37.7 Å². The quantitative estimate of drug-likeness (QED) is 0.350. The van der Waals surface area contributed by atoms with E-state index >= 15 is 0 Å². The summed E-state index contributed by atoms with van der Waals surface area (Å²) in [6, 6.07) is 11.0. The molecule has 0 bridgehead atoms. The Kier molecular flexibility index (Phi) is 7.04. The van der Waals surface area contributed by atoms with E-state index in [4.69, 9.17) is 16.3 Å². The van der Waals surface area contributed by atoms with Crippen molar-refractivity contribution in [3.05, 3.63) is 76.3 Å². The second kappa shape index (κ2) is 9.90. The number of hydrogen-bond acceptors (Lipinski definition) is 5. The van der Waals surface area contributed by atoms with Crippen molar-refractivity contribution in [1.82, 2.24) is 20.3 Å². The molecule has 0 saturated heterocycles. The molecule has 9 heteroatoms. The number of pyridine rings is 1. The van der Waals surface area contributed by atoms with Gasteiger partial charge in [0.1, 0.15) is 5.75 Å². The second-order valence-corrected chi connectivity index (χ2v) is 7.13. The summed E-state index contributed by atoms with van der Waals surface area (Å²) in [7, 11) is 1.56. The minimum Gasteiger partial charge on any atom is -0.495 e. The molecule has 1 aromatic carbocycles. The standard InChI is InChI=1S/C22H22ClN5O3/c1-14-9-17(15(2)28(14)18-6-7-20(31-3)19(23)10-18)13-26-27-22(30)21(29)25-12-16-5-4-8-24-11-16/h4-11,13H,12H2,1-3H3,(H,25,29)(H,27,30)/b26-13-. The molecule has 0 aliphatic rings. The van der Waals surface area contributed by atoms with Gasteiger partial charge in [-0.25, -0.2) is 5.43 Å². The van der Waals surface area contributed by atoms with Crippen molar-refractivity contribution in [3.63, 3.8) is 0 Å². The highest BCUT2D eigenvalue weighted by Gasteiger charge is 2.13. The Morgan fingerprint density at radius 2 is 2.03 bits per heavy atom. The second-order valence-electron chi connectivity index (χ2n) is 6.72. The summed E-state index contributed by atoms with van der Waals surface area (Å²) >= 11 is 6.25. The van der Waals surface area contributed by atoms with Gasteiger partial charge in [0.2, 0.25) is 0 Å². The van der Waals surface area contributed by atoms with E-state index in [-0.39, 0.29) is 6.54 Å².